The molecule has 1 N–H and O–H groups in total. The number of amides is 2. The Kier molecular flexibility index (Phi) is 6.29. The van der Waals surface area contributed by atoms with Gasteiger partial charge in [-0.05, 0) is 42.9 Å². The first-order chi connectivity index (χ1) is 15.6. The van der Waals surface area contributed by atoms with Crippen molar-refractivity contribution in [3.05, 3.63) is 57.0 Å². The Balaban J connectivity index is 1.59. The first-order valence-corrected chi connectivity index (χ1v) is 11.5. The van der Waals surface area contributed by atoms with Crippen molar-refractivity contribution in [2.24, 2.45) is 11.8 Å². The average Bonchev–Trinajstić information content (AvgIpc) is 3.08. The summed E-state index contributed by atoms with van der Waals surface area (Å²) in [7, 11) is 0. The third kappa shape index (κ3) is 4.66. The van der Waals surface area contributed by atoms with E-state index < -0.39 is 23.1 Å². The molecule has 33 heavy (non-hydrogen) atoms. The van der Waals surface area contributed by atoms with Crippen LogP contribution in [0.5, 0.6) is 0 Å². The number of piperidine rings is 1. The molecule has 1 aliphatic rings. The third-order valence-corrected chi connectivity index (χ3v) is 7.03. The quantitative estimate of drug-likeness (QED) is 0.624. The lowest BCUT2D eigenvalue weighted by Gasteiger charge is -2.35. The second-order valence-electron chi connectivity index (χ2n) is 8.74. The van der Waals surface area contributed by atoms with Crippen molar-refractivity contribution in [3.63, 3.8) is 0 Å². The number of anilines is 1. The molecule has 0 unspecified atom stereocenters. The fourth-order valence-corrected chi connectivity index (χ4v) is 5.41. The number of carbonyl (C=O) groups excluding carboxylic acids is 2. The van der Waals surface area contributed by atoms with Crippen molar-refractivity contribution in [1.82, 2.24) is 14.5 Å². The molecule has 0 radical (unpaired) electrons. The smallest absolute Gasteiger partial charge is 0.266 e. The lowest BCUT2D eigenvalue weighted by Crippen LogP contribution is -2.44. The van der Waals surface area contributed by atoms with Crippen molar-refractivity contribution in [2.45, 2.75) is 33.7 Å². The average molecular weight is 475 g/mol. The summed E-state index contributed by atoms with van der Waals surface area (Å²) < 4.78 is 28.3. The van der Waals surface area contributed by atoms with Crippen LogP contribution in [-0.2, 0) is 11.3 Å². The van der Waals surface area contributed by atoms with Gasteiger partial charge in [0.2, 0.25) is 5.91 Å². The van der Waals surface area contributed by atoms with Crippen molar-refractivity contribution in [1.29, 1.82) is 0 Å². The second-order valence-corrected chi connectivity index (χ2v) is 9.74. The summed E-state index contributed by atoms with van der Waals surface area (Å²) in [5, 5.41) is 2.66. The maximum absolute atomic E-state index is 13.9. The number of nitrogens with zero attached hydrogens (tertiary/aromatic N) is 3. The van der Waals surface area contributed by atoms with E-state index in [1.165, 1.54) is 10.9 Å². The zero-order valence-corrected chi connectivity index (χ0v) is 19.3. The van der Waals surface area contributed by atoms with Crippen LogP contribution in [0.1, 0.15) is 35.5 Å². The number of carbonyl (C=O) groups is 2. The van der Waals surface area contributed by atoms with E-state index in [9.17, 15) is 23.2 Å². The van der Waals surface area contributed by atoms with E-state index in [2.05, 4.69) is 24.1 Å². The molecule has 0 aliphatic carbocycles. The molecule has 0 spiro atoms. The molecule has 1 fully saturated rings. The molecule has 1 saturated heterocycles. The summed E-state index contributed by atoms with van der Waals surface area (Å²) in [5.41, 5.74) is -0.180. The van der Waals surface area contributed by atoms with Gasteiger partial charge in [0, 0.05) is 19.2 Å². The van der Waals surface area contributed by atoms with Gasteiger partial charge in [0.15, 0.2) is 0 Å². The summed E-state index contributed by atoms with van der Waals surface area (Å²) in [4.78, 5) is 45.3. The molecule has 1 aromatic carbocycles. The molecule has 2 aromatic heterocycles. The number of benzene rings is 1. The van der Waals surface area contributed by atoms with Crippen molar-refractivity contribution >= 4 is 39.1 Å². The fraction of sp³-hybridized carbons (Fsp3) is 0.391. The van der Waals surface area contributed by atoms with Gasteiger partial charge in [0.1, 0.15) is 23.0 Å². The number of hydrogen-bond donors (Lipinski definition) is 1. The maximum Gasteiger partial charge on any atom is 0.266 e. The van der Waals surface area contributed by atoms with Gasteiger partial charge >= 0.3 is 0 Å². The summed E-state index contributed by atoms with van der Waals surface area (Å²) >= 11 is 1.00. The predicted molar refractivity (Wildman–Crippen MR) is 122 cm³/mol. The van der Waals surface area contributed by atoms with Crippen molar-refractivity contribution < 1.29 is 18.4 Å². The zero-order chi connectivity index (χ0) is 23.9. The molecule has 3 aromatic rings. The van der Waals surface area contributed by atoms with E-state index in [0.29, 0.717) is 41.4 Å². The normalized spacial score (nSPS) is 18.5. The zero-order valence-electron chi connectivity index (χ0n) is 18.5. The number of halogens is 2. The number of nitrogens with one attached hydrogen (secondary N) is 1. The van der Waals surface area contributed by atoms with E-state index in [4.69, 9.17) is 0 Å². The Labute approximate surface area is 193 Å². The highest BCUT2D eigenvalue weighted by Gasteiger charge is 2.26. The number of aromatic nitrogens is 2. The van der Waals surface area contributed by atoms with Gasteiger partial charge in [-0.15, -0.1) is 11.3 Å². The van der Waals surface area contributed by atoms with Crippen LogP contribution < -0.4 is 10.9 Å². The highest BCUT2D eigenvalue weighted by atomic mass is 32.1. The Hall–Kier alpha value is -3.14. The Morgan fingerprint density at radius 3 is 2.58 bits per heavy atom. The van der Waals surface area contributed by atoms with Gasteiger partial charge in [0.25, 0.3) is 11.5 Å². The fourth-order valence-electron chi connectivity index (χ4n) is 4.37. The van der Waals surface area contributed by atoms with Crippen LogP contribution in [0.2, 0.25) is 0 Å². The molecule has 2 atom stereocenters. The van der Waals surface area contributed by atoms with Crippen LogP contribution in [0.3, 0.4) is 0 Å². The lowest BCUT2D eigenvalue weighted by molar-refractivity contribution is -0.134. The Morgan fingerprint density at radius 2 is 1.91 bits per heavy atom. The van der Waals surface area contributed by atoms with Crippen LogP contribution in [0, 0.1) is 30.4 Å². The SMILES string of the molecule is Cc1c(C(=O)Nc2ccc(F)cc2F)sc2ncn(CC(=O)N3C[C@H](C)C[C@@H](C)C3)c(=O)c12. The van der Waals surface area contributed by atoms with Crippen LogP contribution in [-0.4, -0.2) is 39.4 Å². The molecule has 2 amide bonds. The molecular weight excluding hydrogens is 450 g/mol. The lowest BCUT2D eigenvalue weighted by atomic mass is 9.92. The summed E-state index contributed by atoms with van der Waals surface area (Å²) in [6, 6.07) is 2.84. The standard InChI is InChI=1S/C23H24F2N4O3S/c1-12-6-13(2)9-28(8-12)18(30)10-29-11-26-22-19(23(29)32)14(3)20(33-22)21(31)27-17-5-4-15(24)7-16(17)25/h4-5,7,11-13H,6,8-10H2,1-3H3,(H,27,31)/t12-,13-/m1/s1. The molecule has 7 nitrogen and oxygen atoms in total. The molecular formula is C23H24F2N4O3S. The minimum atomic E-state index is -0.901. The maximum atomic E-state index is 13.9. The third-order valence-electron chi connectivity index (χ3n) is 5.83. The van der Waals surface area contributed by atoms with Gasteiger partial charge in [-0.1, -0.05) is 13.8 Å². The number of hydrogen-bond acceptors (Lipinski definition) is 5. The molecule has 1 aliphatic heterocycles. The largest absolute Gasteiger partial charge is 0.341 e. The number of rotatable bonds is 4. The van der Waals surface area contributed by atoms with Gasteiger partial charge < -0.3 is 10.2 Å². The van der Waals surface area contributed by atoms with Gasteiger partial charge in [-0.2, -0.15) is 0 Å². The van der Waals surface area contributed by atoms with Gasteiger partial charge in [0.05, 0.1) is 22.3 Å². The molecule has 4 rings (SSSR count). The first kappa shape index (κ1) is 23.0. The monoisotopic (exact) mass is 474 g/mol. The molecule has 174 valence electrons. The van der Waals surface area contributed by atoms with Gasteiger partial charge in [-0.25, -0.2) is 13.8 Å². The molecule has 10 heteroatoms. The van der Waals surface area contributed by atoms with Crippen molar-refractivity contribution in [2.75, 3.05) is 18.4 Å². The molecule has 0 saturated carbocycles. The van der Waals surface area contributed by atoms with E-state index in [0.717, 1.165) is 29.9 Å². The Morgan fingerprint density at radius 1 is 1.21 bits per heavy atom. The number of fused-ring (bicyclic) bond motifs is 1. The minimum absolute atomic E-state index is 0.126. The molecule has 3 heterocycles. The van der Waals surface area contributed by atoms with Crippen LogP contribution >= 0.6 is 11.3 Å². The van der Waals surface area contributed by atoms with Crippen LogP contribution in [0.15, 0.2) is 29.3 Å². The second kappa shape index (κ2) is 9.01. The van der Waals surface area contributed by atoms with Gasteiger partial charge in [-0.3, -0.25) is 19.0 Å². The first-order valence-electron chi connectivity index (χ1n) is 10.7. The topological polar surface area (TPSA) is 84.3 Å². The van der Waals surface area contributed by atoms with Crippen LogP contribution in [0.4, 0.5) is 14.5 Å². The molecule has 0 bridgehead atoms. The minimum Gasteiger partial charge on any atom is -0.341 e. The summed E-state index contributed by atoms with van der Waals surface area (Å²) in [5.74, 6) is -1.62. The van der Waals surface area contributed by atoms with E-state index in [-0.39, 0.29) is 28.4 Å². The Bertz CT molecular complexity index is 1290. The van der Waals surface area contributed by atoms with Crippen LogP contribution in [0.25, 0.3) is 10.2 Å². The number of likely N-dealkylation sites (tertiary alicyclic amines) is 1. The highest BCUT2D eigenvalue weighted by Crippen LogP contribution is 2.28. The van der Waals surface area contributed by atoms with E-state index in [1.807, 2.05) is 0 Å². The number of thiophene rings is 1. The van der Waals surface area contributed by atoms with E-state index >= 15 is 0 Å². The van der Waals surface area contributed by atoms with Crippen molar-refractivity contribution in [3.8, 4) is 0 Å². The number of aryl methyl sites for hydroxylation is 1. The summed E-state index contributed by atoms with van der Waals surface area (Å²) in [6.45, 7) is 7.02. The predicted octanol–water partition coefficient (Wildman–Crippen LogP) is 3.80. The highest BCUT2D eigenvalue weighted by molar-refractivity contribution is 7.20. The summed E-state index contributed by atoms with van der Waals surface area (Å²) in [6.07, 6.45) is 2.38. The van der Waals surface area contributed by atoms with E-state index in [1.54, 1.807) is 11.8 Å².